The molecule has 0 aromatic rings. The molecule has 53 heavy (non-hydrogen) atoms. The van der Waals surface area contributed by atoms with E-state index >= 15 is 0 Å². The maximum absolute atomic E-state index is 12.6. The quantitative estimate of drug-likeness (QED) is 0.0204. The van der Waals surface area contributed by atoms with Crippen molar-refractivity contribution >= 4 is 19.8 Å². The van der Waals surface area contributed by atoms with Gasteiger partial charge in [0.15, 0.2) is 6.10 Å². The maximum atomic E-state index is 12.6. The Balaban J connectivity index is 4.25. The molecular weight excluding hydrogens is 689 g/mol. The molecule has 0 aromatic heterocycles. The number of allylic oxidation sites excluding steroid dienone is 10. The monoisotopic (exact) mass is 766 g/mol. The molecule has 0 aliphatic carbocycles. The van der Waals surface area contributed by atoms with Crippen LogP contribution < -0.4 is 4.89 Å². The summed E-state index contributed by atoms with van der Waals surface area (Å²) in [5.74, 6) is -0.863. The van der Waals surface area contributed by atoms with Crippen molar-refractivity contribution in [3.8, 4) is 0 Å². The molecule has 2 unspecified atom stereocenters. The number of unbranched alkanes of at least 4 members (excludes halogenated alkanes) is 12. The number of rotatable bonds is 36. The van der Waals surface area contributed by atoms with Gasteiger partial charge in [-0.1, -0.05) is 139 Å². The molecule has 0 aliphatic heterocycles. The highest BCUT2D eigenvalue weighted by atomic mass is 31.2. The van der Waals surface area contributed by atoms with Gasteiger partial charge in [0.1, 0.15) is 19.8 Å². The van der Waals surface area contributed by atoms with Crippen LogP contribution >= 0.6 is 7.82 Å². The molecule has 0 heterocycles. The van der Waals surface area contributed by atoms with Crippen LogP contribution in [0.3, 0.4) is 0 Å². The topological polar surface area (TPSA) is 111 Å². The number of nitrogens with zero attached hydrogens (tertiary/aromatic N) is 1. The second-order valence-electron chi connectivity index (χ2n) is 14.6. The van der Waals surface area contributed by atoms with Crippen molar-refractivity contribution in [3.63, 3.8) is 0 Å². The number of carbonyl (C=O) groups excluding carboxylic acids is 2. The largest absolute Gasteiger partial charge is 0.756 e. The van der Waals surface area contributed by atoms with E-state index in [9.17, 15) is 19.0 Å². The fourth-order valence-electron chi connectivity index (χ4n) is 5.09. The van der Waals surface area contributed by atoms with Gasteiger partial charge in [0.25, 0.3) is 7.82 Å². The number of likely N-dealkylation sites (N-methyl/N-ethyl adjacent to an activating group) is 1. The van der Waals surface area contributed by atoms with Crippen molar-refractivity contribution in [2.75, 3.05) is 47.5 Å². The van der Waals surface area contributed by atoms with Crippen LogP contribution in [-0.4, -0.2) is 70.0 Å². The Morgan fingerprint density at radius 1 is 0.604 bits per heavy atom. The lowest BCUT2D eigenvalue weighted by Gasteiger charge is -2.28. The lowest BCUT2D eigenvalue weighted by molar-refractivity contribution is -0.870. The van der Waals surface area contributed by atoms with Crippen molar-refractivity contribution < 1.29 is 42.1 Å². The number of esters is 2. The maximum Gasteiger partial charge on any atom is 0.306 e. The summed E-state index contributed by atoms with van der Waals surface area (Å²) >= 11 is 0. The molecule has 0 saturated heterocycles. The molecule has 9 nitrogen and oxygen atoms in total. The minimum absolute atomic E-state index is 0.0354. The highest BCUT2D eigenvalue weighted by Crippen LogP contribution is 2.38. The average Bonchev–Trinajstić information content (AvgIpc) is 3.10. The highest BCUT2D eigenvalue weighted by Gasteiger charge is 2.21. The summed E-state index contributed by atoms with van der Waals surface area (Å²) in [7, 11) is 1.15. The second kappa shape index (κ2) is 35.4. The lowest BCUT2D eigenvalue weighted by atomic mass is 10.1. The van der Waals surface area contributed by atoms with Crippen molar-refractivity contribution in [1.29, 1.82) is 0 Å². The van der Waals surface area contributed by atoms with Crippen molar-refractivity contribution in [3.05, 3.63) is 60.8 Å². The summed E-state index contributed by atoms with van der Waals surface area (Å²) in [6.07, 6.45) is 41.4. The molecule has 0 saturated carbocycles. The van der Waals surface area contributed by atoms with E-state index < -0.39 is 32.5 Å². The van der Waals surface area contributed by atoms with Crippen LogP contribution in [0.1, 0.15) is 149 Å². The van der Waals surface area contributed by atoms with Crippen LogP contribution in [0.15, 0.2) is 60.8 Å². The fraction of sp³-hybridized carbons (Fsp3) is 0.721. The van der Waals surface area contributed by atoms with Gasteiger partial charge in [-0.3, -0.25) is 14.2 Å². The molecule has 0 amide bonds. The van der Waals surface area contributed by atoms with Gasteiger partial charge in [0.05, 0.1) is 27.7 Å². The number of carbonyl (C=O) groups is 2. The first-order valence-corrected chi connectivity index (χ1v) is 22.0. The van der Waals surface area contributed by atoms with E-state index in [0.29, 0.717) is 17.4 Å². The van der Waals surface area contributed by atoms with E-state index in [2.05, 4.69) is 74.6 Å². The van der Waals surface area contributed by atoms with Gasteiger partial charge < -0.3 is 27.9 Å². The standard InChI is InChI=1S/C43H76NO8P/c1-6-8-10-12-14-15-16-17-18-19-20-21-22-23-24-25-26-27-28-29-30-32-34-36-43(46)52-41(39-49-42(45)35-33-31-13-11-9-7-2)40-51-53(47,48)50-38-37-44(3,4)5/h8,10,14-15,17-18,20-21,23-24,41H,6-7,9,11-13,16,19,22,25-40H2,1-5H3/b10-8-,15-14-,18-17-,21-20-,24-23-. The third-order valence-electron chi connectivity index (χ3n) is 8.30. The van der Waals surface area contributed by atoms with E-state index in [1.165, 1.54) is 25.7 Å². The molecule has 0 aliphatic rings. The van der Waals surface area contributed by atoms with Crippen molar-refractivity contribution in [2.45, 2.75) is 155 Å². The average molecular weight is 766 g/mol. The zero-order valence-corrected chi connectivity index (χ0v) is 35.1. The smallest absolute Gasteiger partial charge is 0.306 e. The third kappa shape index (κ3) is 39.2. The van der Waals surface area contributed by atoms with Gasteiger partial charge in [-0.2, -0.15) is 0 Å². The fourth-order valence-corrected chi connectivity index (χ4v) is 5.82. The zero-order chi connectivity index (χ0) is 39.3. The predicted octanol–water partition coefficient (Wildman–Crippen LogP) is 10.7. The van der Waals surface area contributed by atoms with Crippen LogP contribution in [-0.2, 0) is 32.7 Å². The molecule has 0 fully saturated rings. The highest BCUT2D eigenvalue weighted by molar-refractivity contribution is 7.45. The molecule has 0 radical (unpaired) electrons. The summed E-state index contributed by atoms with van der Waals surface area (Å²) in [6, 6.07) is 0. The molecule has 0 bridgehead atoms. The first-order valence-electron chi connectivity index (χ1n) is 20.5. The summed E-state index contributed by atoms with van der Waals surface area (Å²) < 4.78 is 33.6. The van der Waals surface area contributed by atoms with Gasteiger partial charge in [-0.05, 0) is 57.8 Å². The number of phosphoric acid groups is 1. The Morgan fingerprint density at radius 2 is 1.08 bits per heavy atom. The molecular formula is C43H76NO8P. The first kappa shape index (κ1) is 50.7. The molecule has 10 heteroatoms. The minimum Gasteiger partial charge on any atom is -0.756 e. The van der Waals surface area contributed by atoms with Crippen LogP contribution in [0.2, 0.25) is 0 Å². The summed E-state index contributed by atoms with van der Waals surface area (Å²) in [5.41, 5.74) is 0. The van der Waals surface area contributed by atoms with E-state index in [1.54, 1.807) is 0 Å². The molecule has 306 valence electrons. The van der Waals surface area contributed by atoms with Gasteiger partial charge >= 0.3 is 11.9 Å². The molecule has 0 rings (SSSR count). The van der Waals surface area contributed by atoms with E-state index in [4.69, 9.17) is 18.5 Å². The Kier molecular flexibility index (Phi) is 33.9. The van der Waals surface area contributed by atoms with Crippen LogP contribution in [0, 0.1) is 0 Å². The zero-order valence-electron chi connectivity index (χ0n) is 34.2. The number of hydrogen-bond donors (Lipinski definition) is 0. The van der Waals surface area contributed by atoms with Gasteiger partial charge in [-0.15, -0.1) is 0 Å². The molecule has 0 aromatic carbocycles. The Hall–Kier alpha value is -2.29. The number of phosphoric ester groups is 1. The van der Waals surface area contributed by atoms with Crippen molar-refractivity contribution in [1.82, 2.24) is 0 Å². The number of quaternary nitrogens is 1. The van der Waals surface area contributed by atoms with Crippen LogP contribution in [0.25, 0.3) is 0 Å². The van der Waals surface area contributed by atoms with Crippen molar-refractivity contribution in [2.24, 2.45) is 0 Å². The summed E-state index contributed by atoms with van der Waals surface area (Å²) in [6.45, 7) is 4.00. The molecule has 2 atom stereocenters. The van der Waals surface area contributed by atoms with E-state index in [-0.39, 0.29) is 26.1 Å². The number of ether oxygens (including phenoxy) is 2. The summed E-state index contributed by atoms with van der Waals surface area (Å²) in [5, 5.41) is 0. The normalized spacial score (nSPS) is 14.3. The van der Waals surface area contributed by atoms with Gasteiger partial charge in [0, 0.05) is 12.8 Å². The Bertz CT molecular complexity index is 1090. The van der Waals surface area contributed by atoms with Crippen LogP contribution in [0.4, 0.5) is 0 Å². The van der Waals surface area contributed by atoms with Gasteiger partial charge in [0.2, 0.25) is 0 Å². The minimum atomic E-state index is -4.62. The Morgan fingerprint density at radius 3 is 1.60 bits per heavy atom. The van der Waals surface area contributed by atoms with Gasteiger partial charge in [-0.25, -0.2) is 0 Å². The number of hydrogen-bond acceptors (Lipinski definition) is 8. The second-order valence-corrected chi connectivity index (χ2v) is 16.0. The first-order chi connectivity index (χ1) is 25.5. The molecule has 0 N–H and O–H groups in total. The van der Waals surface area contributed by atoms with Crippen LogP contribution in [0.5, 0.6) is 0 Å². The van der Waals surface area contributed by atoms with E-state index in [0.717, 1.165) is 89.9 Å². The Labute approximate surface area is 324 Å². The third-order valence-corrected chi connectivity index (χ3v) is 9.27. The molecule has 0 spiro atoms. The SMILES string of the molecule is CC/C=C\C/C=C\C/C=C\C/C=C\C/C=C\CCCCCCCCCC(=O)OC(COC(=O)CCCCCCCC)COP(=O)([O-])OCC[N+](C)(C)C. The predicted molar refractivity (Wildman–Crippen MR) is 217 cm³/mol. The van der Waals surface area contributed by atoms with E-state index in [1.807, 2.05) is 21.1 Å². The lowest BCUT2D eigenvalue weighted by Crippen LogP contribution is -2.37. The summed E-state index contributed by atoms with van der Waals surface area (Å²) in [4.78, 5) is 37.2.